The summed E-state index contributed by atoms with van der Waals surface area (Å²) in [6.45, 7) is 0. The van der Waals surface area contributed by atoms with E-state index in [-0.39, 0.29) is 12.8 Å². The second-order valence-corrected chi connectivity index (χ2v) is 4.28. The topological polar surface area (TPSA) is 118 Å². The Morgan fingerprint density at radius 1 is 1.30 bits per heavy atom. The summed E-state index contributed by atoms with van der Waals surface area (Å²) in [5.41, 5.74) is 5.75. The largest absolute Gasteiger partial charge is 0.480 e. The maximum Gasteiger partial charge on any atom is 0.326 e. The lowest BCUT2D eigenvalue weighted by Crippen LogP contribution is -2.31. The number of aromatic nitrogens is 2. The number of carbonyl (C=O) groups excluding carboxylic acids is 1. The Balaban J connectivity index is 2.24. The van der Waals surface area contributed by atoms with Crippen LogP contribution >= 0.6 is 0 Å². The number of aliphatic carboxylic acids is 1. The third kappa shape index (κ3) is 3.19. The molecule has 1 aromatic heterocycles. The molecule has 0 radical (unpaired) electrons. The van der Waals surface area contributed by atoms with Gasteiger partial charge in [-0.15, -0.1) is 0 Å². The standard InChI is InChI=1S/C13H14N4O3/c14-11(18)6-5-10(13(19)20)17-12-8-3-1-2-4-9(8)15-7-16-12/h1-4,7,10H,5-6H2,(H2,14,18)(H,19,20)(H,15,16,17)/t10-/m0/s1. The maximum atomic E-state index is 11.2. The highest BCUT2D eigenvalue weighted by Crippen LogP contribution is 2.19. The fourth-order valence-electron chi connectivity index (χ4n) is 1.83. The number of anilines is 1. The molecule has 4 N–H and O–H groups in total. The van der Waals surface area contributed by atoms with Crippen molar-refractivity contribution in [1.29, 1.82) is 0 Å². The first-order chi connectivity index (χ1) is 9.58. The summed E-state index contributed by atoms with van der Waals surface area (Å²) in [4.78, 5) is 30.1. The number of carboxylic acids is 1. The number of nitrogens with one attached hydrogen (secondary N) is 1. The van der Waals surface area contributed by atoms with E-state index in [0.29, 0.717) is 11.3 Å². The summed E-state index contributed by atoms with van der Waals surface area (Å²) in [7, 11) is 0. The summed E-state index contributed by atoms with van der Waals surface area (Å²) in [6.07, 6.45) is 1.45. The number of para-hydroxylation sites is 1. The number of amides is 1. The van der Waals surface area contributed by atoms with Gasteiger partial charge in [-0.2, -0.15) is 0 Å². The third-order valence-electron chi connectivity index (χ3n) is 2.83. The number of nitrogens with two attached hydrogens (primary N) is 1. The molecule has 0 aliphatic carbocycles. The predicted molar refractivity (Wildman–Crippen MR) is 73.0 cm³/mol. The van der Waals surface area contributed by atoms with Gasteiger partial charge in [0.25, 0.3) is 0 Å². The minimum atomic E-state index is -1.06. The zero-order valence-corrected chi connectivity index (χ0v) is 10.6. The van der Waals surface area contributed by atoms with Crippen LogP contribution in [0.1, 0.15) is 12.8 Å². The molecular weight excluding hydrogens is 260 g/mol. The second-order valence-electron chi connectivity index (χ2n) is 4.28. The van der Waals surface area contributed by atoms with Crippen LogP contribution in [0.25, 0.3) is 10.9 Å². The summed E-state index contributed by atoms with van der Waals surface area (Å²) >= 11 is 0. The molecule has 1 atom stereocenters. The van der Waals surface area contributed by atoms with Crippen LogP contribution in [-0.4, -0.2) is 33.0 Å². The average Bonchev–Trinajstić information content (AvgIpc) is 2.43. The quantitative estimate of drug-likeness (QED) is 0.715. The summed E-state index contributed by atoms with van der Waals surface area (Å²) in [5.74, 6) is -1.17. The van der Waals surface area contributed by atoms with E-state index in [0.717, 1.165) is 5.39 Å². The van der Waals surface area contributed by atoms with Gasteiger partial charge in [0.15, 0.2) is 0 Å². The SMILES string of the molecule is NC(=O)CC[C@H](Nc1ncnc2ccccc12)C(=O)O. The van der Waals surface area contributed by atoms with Crippen LogP contribution in [0, 0.1) is 0 Å². The number of hydrogen-bond donors (Lipinski definition) is 3. The van der Waals surface area contributed by atoms with Crippen molar-refractivity contribution >= 4 is 28.6 Å². The second kappa shape index (κ2) is 5.96. The van der Waals surface area contributed by atoms with Gasteiger partial charge in [0, 0.05) is 11.8 Å². The third-order valence-corrected chi connectivity index (χ3v) is 2.83. The lowest BCUT2D eigenvalue weighted by molar-refractivity contribution is -0.138. The van der Waals surface area contributed by atoms with Crippen molar-refractivity contribution in [2.75, 3.05) is 5.32 Å². The molecule has 0 saturated heterocycles. The Morgan fingerprint density at radius 2 is 2.05 bits per heavy atom. The highest BCUT2D eigenvalue weighted by molar-refractivity contribution is 5.90. The fraction of sp³-hybridized carbons (Fsp3) is 0.231. The number of hydrogen-bond acceptors (Lipinski definition) is 5. The lowest BCUT2D eigenvalue weighted by atomic mass is 10.1. The van der Waals surface area contributed by atoms with Crippen LogP contribution in [0.4, 0.5) is 5.82 Å². The van der Waals surface area contributed by atoms with Gasteiger partial charge in [0.05, 0.1) is 5.52 Å². The van der Waals surface area contributed by atoms with E-state index in [9.17, 15) is 9.59 Å². The number of carbonyl (C=O) groups is 2. The van der Waals surface area contributed by atoms with Crippen LogP contribution in [0.5, 0.6) is 0 Å². The van der Waals surface area contributed by atoms with E-state index in [4.69, 9.17) is 10.8 Å². The van der Waals surface area contributed by atoms with Gasteiger partial charge >= 0.3 is 5.97 Å². The average molecular weight is 274 g/mol. The molecule has 0 bridgehead atoms. The van der Waals surface area contributed by atoms with Crippen LogP contribution in [0.3, 0.4) is 0 Å². The molecular formula is C13H14N4O3. The molecule has 0 spiro atoms. The molecule has 0 saturated carbocycles. The first-order valence-electron chi connectivity index (χ1n) is 6.05. The first-order valence-corrected chi connectivity index (χ1v) is 6.05. The van der Waals surface area contributed by atoms with Gasteiger partial charge in [-0.25, -0.2) is 14.8 Å². The molecule has 7 heteroatoms. The molecule has 20 heavy (non-hydrogen) atoms. The molecule has 1 aromatic carbocycles. The molecule has 2 rings (SSSR count). The zero-order chi connectivity index (χ0) is 14.5. The molecule has 0 aliphatic heterocycles. The highest BCUT2D eigenvalue weighted by Gasteiger charge is 2.19. The van der Waals surface area contributed by atoms with Crippen molar-refractivity contribution in [2.45, 2.75) is 18.9 Å². The Labute approximate surface area is 114 Å². The van der Waals surface area contributed by atoms with Crippen molar-refractivity contribution < 1.29 is 14.7 Å². The number of fused-ring (bicyclic) bond motifs is 1. The van der Waals surface area contributed by atoms with Gasteiger partial charge < -0.3 is 16.2 Å². The number of benzene rings is 1. The number of carboxylic acid groups (broad SMARTS) is 1. The number of rotatable bonds is 6. The molecule has 0 fully saturated rings. The van der Waals surface area contributed by atoms with Gasteiger partial charge in [-0.05, 0) is 18.6 Å². The molecule has 0 unspecified atom stereocenters. The maximum absolute atomic E-state index is 11.2. The smallest absolute Gasteiger partial charge is 0.326 e. The molecule has 2 aromatic rings. The molecule has 7 nitrogen and oxygen atoms in total. The van der Waals surface area contributed by atoms with Gasteiger partial charge in [-0.1, -0.05) is 12.1 Å². The number of primary amides is 1. The van der Waals surface area contributed by atoms with Crippen LogP contribution in [-0.2, 0) is 9.59 Å². The fourth-order valence-corrected chi connectivity index (χ4v) is 1.83. The minimum absolute atomic E-state index is 0.00696. The van der Waals surface area contributed by atoms with Crippen LogP contribution < -0.4 is 11.1 Å². The summed E-state index contributed by atoms with van der Waals surface area (Å²) in [6, 6.07) is 6.32. The minimum Gasteiger partial charge on any atom is -0.480 e. The van der Waals surface area contributed by atoms with Gasteiger partial charge in [-0.3, -0.25) is 4.79 Å². The normalized spacial score (nSPS) is 12.0. The molecule has 1 amide bonds. The lowest BCUT2D eigenvalue weighted by Gasteiger charge is -2.15. The Kier molecular flexibility index (Phi) is 4.09. The monoisotopic (exact) mass is 274 g/mol. The zero-order valence-electron chi connectivity index (χ0n) is 10.6. The van der Waals surface area contributed by atoms with E-state index < -0.39 is 17.9 Å². The van der Waals surface area contributed by atoms with E-state index in [1.807, 2.05) is 12.1 Å². The van der Waals surface area contributed by atoms with E-state index >= 15 is 0 Å². The van der Waals surface area contributed by atoms with Crippen molar-refractivity contribution in [3.05, 3.63) is 30.6 Å². The Bertz CT molecular complexity index is 639. The van der Waals surface area contributed by atoms with Crippen LogP contribution in [0.2, 0.25) is 0 Å². The molecule has 0 aliphatic rings. The Morgan fingerprint density at radius 3 is 2.75 bits per heavy atom. The van der Waals surface area contributed by atoms with Crippen LogP contribution in [0.15, 0.2) is 30.6 Å². The van der Waals surface area contributed by atoms with Crippen molar-refractivity contribution in [2.24, 2.45) is 5.73 Å². The first kappa shape index (κ1) is 13.7. The molecule has 104 valence electrons. The van der Waals surface area contributed by atoms with Crippen molar-refractivity contribution in [3.8, 4) is 0 Å². The number of nitrogens with zero attached hydrogens (tertiary/aromatic N) is 2. The van der Waals surface area contributed by atoms with Gasteiger partial charge in [0.1, 0.15) is 18.2 Å². The Hall–Kier alpha value is -2.70. The summed E-state index contributed by atoms with van der Waals surface area (Å²) < 4.78 is 0. The summed E-state index contributed by atoms with van der Waals surface area (Å²) in [5, 5.41) is 12.7. The van der Waals surface area contributed by atoms with E-state index in [1.54, 1.807) is 12.1 Å². The molecule has 1 heterocycles. The van der Waals surface area contributed by atoms with Crippen molar-refractivity contribution in [3.63, 3.8) is 0 Å². The van der Waals surface area contributed by atoms with E-state index in [1.165, 1.54) is 6.33 Å². The van der Waals surface area contributed by atoms with Crippen molar-refractivity contribution in [1.82, 2.24) is 9.97 Å². The highest BCUT2D eigenvalue weighted by atomic mass is 16.4. The van der Waals surface area contributed by atoms with Gasteiger partial charge in [0.2, 0.25) is 5.91 Å². The van der Waals surface area contributed by atoms with E-state index in [2.05, 4.69) is 15.3 Å². The predicted octanol–water partition coefficient (Wildman–Crippen LogP) is 0.760.